The average molecular weight is 587 g/mol. The molecule has 0 aliphatic carbocycles. The van der Waals surface area contributed by atoms with E-state index in [9.17, 15) is 9.90 Å². The number of rotatable bonds is 7. The number of hydrogen-bond acceptors (Lipinski definition) is 6. The fourth-order valence-electron chi connectivity index (χ4n) is 2.92. The summed E-state index contributed by atoms with van der Waals surface area (Å²) in [6.07, 6.45) is 1.39. The number of benzene rings is 3. The number of para-hydroxylation sites is 1. The van der Waals surface area contributed by atoms with Crippen molar-refractivity contribution in [1.29, 1.82) is 0 Å². The number of carbonyl (C=O) groups is 1. The first-order valence-electron chi connectivity index (χ1n) is 9.71. The van der Waals surface area contributed by atoms with Crippen molar-refractivity contribution in [3.8, 4) is 22.8 Å². The average Bonchev–Trinajstić information content (AvgIpc) is 3.25. The minimum atomic E-state index is -0.307. The van der Waals surface area contributed by atoms with Crippen LogP contribution in [-0.2, 0) is 4.79 Å². The van der Waals surface area contributed by atoms with Crippen LogP contribution in [0.25, 0.3) is 17.1 Å². The first kappa shape index (κ1) is 23.2. The van der Waals surface area contributed by atoms with Crippen LogP contribution in [0.3, 0.4) is 0 Å². The number of hydrogen-bond donors (Lipinski definition) is 2. The standard InChI is InChI=1S/C23H17Br2N5O2S/c24-17-8-6-15(7-9-17)22-28-29-23(30(22)19-4-2-1-3-5-19)33-14-21(32)27-26-13-16-12-18(25)10-11-20(16)31/h1-13,31H,14H2,(H,27,32)/b26-13+. The molecule has 7 nitrogen and oxygen atoms in total. The molecule has 4 aromatic rings. The summed E-state index contributed by atoms with van der Waals surface area (Å²) >= 11 is 8.04. The van der Waals surface area contributed by atoms with E-state index in [2.05, 4.69) is 52.6 Å². The SMILES string of the molecule is O=C(CSc1nnc(-c2ccc(Br)cc2)n1-c1ccccc1)N/N=C/c1cc(Br)ccc1O. The number of phenols is 1. The van der Waals surface area contributed by atoms with E-state index >= 15 is 0 Å². The molecule has 0 aliphatic heterocycles. The molecule has 2 N–H and O–H groups in total. The maximum Gasteiger partial charge on any atom is 0.250 e. The molecule has 1 aromatic heterocycles. The van der Waals surface area contributed by atoms with Gasteiger partial charge in [0.2, 0.25) is 0 Å². The van der Waals surface area contributed by atoms with Crippen molar-refractivity contribution in [3.05, 3.63) is 87.3 Å². The fraction of sp³-hybridized carbons (Fsp3) is 0.0435. The van der Waals surface area contributed by atoms with E-state index in [4.69, 9.17) is 0 Å². The van der Waals surface area contributed by atoms with Crippen LogP contribution in [-0.4, -0.2) is 37.7 Å². The summed E-state index contributed by atoms with van der Waals surface area (Å²) in [6, 6.07) is 22.5. The first-order chi connectivity index (χ1) is 16.0. The van der Waals surface area contributed by atoms with Gasteiger partial charge in [0.15, 0.2) is 11.0 Å². The summed E-state index contributed by atoms with van der Waals surface area (Å²) in [4.78, 5) is 12.3. The predicted octanol–water partition coefficient (Wildman–Crippen LogP) is 5.41. The Morgan fingerprint density at radius 2 is 1.76 bits per heavy atom. The van der Waals surface area contributed by atoms with Gasteiger partial charge in [0.25, 0.3) is 5.91 Å². The highest BCUT2D eigenvalue weighted by Crippen LogP contribution is 2.28. The number of phenolic OH excluding ortho intramolecular Hbond substituents is 1. The van der Waals surface area contributed by atoms with Gasteiger partial charge in [-0.25, -0.2) is 5.43 Å². The lowest BCUT2D eigenvalue weighted by atomic mass is 10.2. The molecule has 0 spiro atoms. The maximum atomic E-state index is 12.3. The quantitative estimate of drug-likeness (QED) is 0.172. The van der Waals surface area contributed by atoms with Crippen LogP contribution in [0.4, 0.5) is 0 Å². The molecule has 166 valence electrons. The number of aromatic nitrogens is 3. The van der Waals surface area contributed by atoms with Crippen molar-refractivity contribution < 1.29 is 9.90 Å². The van der Waals surface area contributed by atoms with Crippen LogP contribution < -0.4 is 5.43 Å². The van der Waals surface area contributed by atoms with Gasteiger partial charge in [-0.05, 0) is 42.5 Å². The van der Waals surface area contributed by atoms with Gasteiger partial charge in [-0.2, -0.15) is 5.10 Å². The highest BCUT2D eigenvalue weighted by Gasteiger charge is 2.17. The minimum absolute atomic E-state index is 0.0713. The third-order valence-electron chi connectivity index (χ3n) is 4.46. The second kappa shape index (κ2) is 10.8. The van der Waals surface area contributed by atoms with E-state index in [1.807, 2.05) is 59.2 Å². The Labute approximate surface area is 211 Å². The van der Waals surface area contributed by atoms with Gasteiger partial charge in [0.05, 0.1) is 12.0 Å². The number of hydrazone groups is 1. The number of halogens is 2. The largest absolute Gasteiger partial charge is 0.507 e. The highest BCUT2D eigenvalue weighted by atomic mass is 79.9. The normalized spacial score (nSPS) is 11.1. The second-order valence-corrected chi connectivity index (χ2v) is 9.54. The molecule has 33 heavy (non-hydrogen) atoms. The third kappa shape index (κ3) is 5.89. The van der Waals surface area contributed by atoms with Gasteiger partial charge in [-0.15, -0.1) is 10.2 Å². The zero-order valence-electron chi connectivity index (χ0n) is 17.0. The van der Waals surface area contributed by atoms with E-state index in [1.165, 1.54) is 18.0 Å². The number of carbonyl (C=O) groups excluding carboxylic acids is 1. The summed E-state index contributed by atoms with van der Waals surface area (Å²) in [5.41, 5.74) is 4.76. The van der Waals surface area contributed by atoms with Crippen molar-refractivity contribution in [2.45, 2.75) is 5.16 Å². The minimum Gasteiger partial charge on any atom is -0.507 e. The molecule has 0 radical (unpaired) electrons. The van der Waals surface area contributed by atoms with Crippen LogP contribution >= 0.6 is 43.6 Å². The molecule has 3 aromatic carbocycles. The second-order valence-electron chi connectivity index (χ2n) is 6.77. The topological polar surface area (TPSA) is 92.4 Å². The number of nitrogens with zero attached hydrogens (tertiary/aromatic N) is 4. The molecule has 0 saturated heterocycles. The summed E-state index contributed by atoms with van der Waals surface area (Å²) < 4.78 is 3.69. The van der Waals surface area contributed by atoms with Crippen LogP contribution in [0.15, 0.2) is 92.0 Å². The van der Waals surface area contributed by atoms with E-state index in [0.717, 1.165) is 20.2 Å². The Balaban J connectivity index is 1.50. The van der Waals surface area contributed by atoms with Crippen LogP contribution in [0.1, 0.15) is 5.56 Å². The molecular formula is C23H17Br2N5O2S. The molecule has 0 unspecified atom stereocenters. The molecule has 0 fully saturated rings. The highest BCUT2D eigenvalue weighted by molar-refractivity contribution is 9.10. The van der Waals surface area contributed by atoms with Crippen LogP contribution in [0.5, 0.6) is 5.75 Å². The van der Waals surface area contributed by atoms with E-state index in [0.29, 0.717) is 16.5 Å². The van der Waals surface area contributed by atoms with E-state index in [-0.39, 0.29) is 17.4 Å². The molecule has 10 heteroatoms. The molecule has 0 atom stereocenters. The lowest BCUT2D eigenvalue weighted by molar-refractivity contribution is -0.118. The smallest absolute Gasteiger partial charge is 0.250 e. The van der Waals surface area contributed by atoms with Crippen molar-refractivity contribution in [2.75, 3.05) is 5.75 Å². The summed E-state index contributed by atoms with van der Waals surface area (Å²) in [5.74, 6) is 0.535. The maximum absolute atomic E-state index is 12.3. The molecule has 1 heterocycles. The zero-order valence-corrected chi connectivity index (χ0v) is 21.0. The van der Waals surface area contributed by atoms with Crippen molar-refractivity contribution in [3.63, 3.8) is 0 Å². The third-order valence-corrected chi connectivity index (χ3v) is 6.42. The van der Waals surface area contributed by atoms with Gasteiger partial charge < -0.3 is 5.11 Å². The number of thioether (sulfide) groups is 1. The molecule has 0 bridgehead atoms. The molecule has 1 amide bonds. The Hall–Kier alpha value is -2.95. The molecule has 0 aliphatic rings. The molecule has 4 rings (SSSR count). The Bertz CT molecular complexity index is 1290. The van der Waals surface area contributed by atoms with Crippen molar-refractivity contribution >= 4 is 55.7 Å². The molecule has 0 saturated carbocycles. The zero-order chi connectivity index (χ0) is 23.2. The number of nitrogens with one attached hydrogen (secondary N) is 1. The predicted molar refractivity (Wildman–Crippen MR) is 137 cm³/mol. The van der Waals surface area contributed by atoms with Gasteiger partial charge in [-0.3, -0.25) is 9.36 Å². The van der Waals surface area contributed by atoms with Crippen molar-refractivity contribution in [1.82, 2.24) is 20.2 Å². The van der Waals surface area contributed by atoms with Crippen molar-refractivity contribution in [2.24, 2.45) is 5.10 Å². The van der Waals surface area contributed by atoms with Gasteiger partial charge >= 0.3 is 0 Å². The molecular weight excluding hydrogens is 570 g/mol. The Kier molecular flexibility index (Phi) is 7.58. The number of amides is 1. The lowest BCUT2D eigenvalue weighted by Crippen LogP contribution is -2.20. The summed E-state index contributed by atoms with van der Waals surface area (Å²) in [5, 5.41) is 23.1. The van der Waals surface area contributed by atoms with Gasteiger partial charge in [0.1, 0.15) is 5.75 Å². The Morgan fingerprint density at radius 3 is 2.52 bits per heavy atom. The van der Waals surface area contributed by atoms with E-state index in [1.54, 1.807) is 18.2 Å². The fourth-order valence-corrected chi connectivity index (χ4v) is 4.31. The summed E-state index contributed by atoms with van der Waals surface area (Å²) in [6.45, 7) is 0. The van der Waals surface area contributed by atoms with Crippen LogP contribution in [0, 0.1) is 0 Å². The number of aromatic hydroxyl groups is 1. The monoisotopic (exact) mass is 585 g/mol. The van der Waals surface area contributed by atoms with Gasteiger partial charge in [0, 0.05) is 25.8 Å². The first-order valence-corrected chi connectivity index (χ1v) is 12.3. The van der Waals surface area contributed by atoms with Gasteiger partial charge in [-0.1, -0.05) is 74.0 Å². The Morgan fingerprint density at radius 1 is 1.03 bits per heavy atom. The summed E-state index contributed by atoms with van der Waals surface area (Å²) in [7, 11) is 0. The van der Waals surface area contributed by atoms with E-state index < -0.39 is 0 Å². The lowest BCUT2D eigenvalue weighted by Gasteiger charge is -2.10. The van der Waals surface area contributed by atoms with Crippen LogP contribution in [0.2, 0.25) is 0 Å².